The molecule has 27 heavy (non-hydrogen) atoms. The predicted octanol–water partition coefficient (Wildman–Crippen LogP) is 4.07. The molecule has 0 bridgehead atoms. The van der Waals surface area contributed by atoms with Gasteiger partial charge in [-0.25, -0.2) is 0 Å². The summed E-state index contributed by atoms with van der Waals surface area (Å²) < 4.78 is 49.3. The lowest BCUT2D eigenvalue weighted by molar-refractivity contribution is -0.137. The van der Waals surface area contributed by atoms with Crippen LogP contribution in [0.3, 0.4) is 0 Å². The van der Waals surface area contributed by atoms with Crippen molar-refractivity contribution in [2.75, 3.05) is 26.8 Å². The minimum absolute atomic E-state index is 0.0550. The van der Waals surface area contributed by atoms with Crippen LogP contribution in [0.15, 0.2) is 28.7 Å². The van der Waals surface area contributed by atoms with Crippen LogP contribution < -0.4 is 0 Å². The van der Waals surface area contributed by atoms with Crippen LogP contribution in [0.2, 0.25) is 0 Å². The second kappa shape index (κ2) is 7.98. The van der Waals surface area contributed by atoms with E-state index in [4.69, 9.17) is 9.15 Å². The van der Waals surface area contributed by atoms with Crippen molar-refractivity contribution in [3.05, 3.63) is 47.2 Å². The Hall–Kier alpha value is -1.93. The molecule has 0 aliphatic carbocycles. The Balaban J connectivity index is 1.70. The number of aromatic nitrogens is 2. The Morgan fingerprint density at radius 1 is 1.19 bits per heavy atom. The summed E-state index contributed by atoms with van der Waals surface area (Å²) in [5, 5.41) is 8.32. The number of benzene rings is 1. The van der Waals surface area contributed by atoms with E-state index in [1.807, 2.05) is 13.8 Å². The fraction of sp³-hybridized carbons (Fsp3) is 0.579. The molecular weight excluding hydrogens is 359 g/mol. The zero-order valence-corrected chi connectivity index (χ0v) is 15.7. The van der Waals surface area contributed by atoms with Gasteiger partial charge in [-0.3, -0.25) is 4.90 Å². The molecule has 2 heterocycles. The summed E-state index contributed by atoms with van der Waals surface area (Å²) in [5.74, 6) is 1.64. The van der Waals surface area contributed by atoms with Gasteiger partial charge in [0, 0.05) is 38.6 Å². The highest BCUT2D eigenvalue weighted by Gasteiger charge is 2.37. The summed E-state index contributed by atoms with van der Waals surface area (Å²) in [4.78, 5) is 2.19. The number of alkyl halides is 3. The quantitative estimate of drug-likeness (QED) is 0.753. The molecule has 1 aromatic heterocycles. The third kappa shape index (κ3) is 4.68. The molecule has 148 valence electrons. The zero-order valence-electron chi connectivity index (χ0n) is 15.7. The highest BCUT2D eigenvalue weighted by Crippen LogP contribution is 2.34. The first-order chi connectivity index (χ1) is 12.8. The van der Waals surface area contributed by atoms with Gasteiger partial charge in [0.15, 0.2) is 0 Å². The summed E-state index contributed by atoms with van der Waals surface area (Å²) in [7, 11) is 1.66. The maximum atomic E-state index is 12.7. The van der Waals surface area contributed by atoms with Crippen molar-refractivity contribution in [3.8, 4) is 0 Å². The van der Waals surface area contributed by atoms with E-state index in [-0.39, 0.29) is 17.8 Å². The van der Waals surface area contributed by atoms with Gasteiger partial charge >= 0.3 is 6.18 Å². The molecule has 2 atom stereocenters. The number of likely N-dealkylation sites (tertiary alicyclic amines) is 1. The molecule has 1 fully saturated rings. The Morgan fingerprint density at radius 2 is 1.89 bits per heavy atom. The van der Waals surface area contributed by atoms with Crippen LogP contribution in [0.5, 0.6) is 0 Å². The van der Waals surface area contributed by atoms with E-state index in [0.29, 0.717) is 31.5 Å². The zero-order chi connectivity index (χ0) is 19.6. The topological polar surface area (TPSA) is 51.4 Å². The van der Waals surface area contributed by atoms with Gasteiger partial charge in [0.2, 0.25) is 11.8 Å². The number of halogens is 3. The van der Waals surface area contributed by atoms with Crippen molar-refractivity contribution >= 4 is 0 Å². The van der Waals surface area contributed by atoms with Crippen molar-refractivity contribution in [1.82, 2.24) is 15.1 Å². The summed E-state index contributed by atoms with van der Waals surface area (Å²) in [6.45, 7) is 6.59. The molecule has 3 rings (SSSR count). The molecule has 0 spiro atoms. The fourth-order valence-electron chi connectivity index (χ4n) is 3.44. The minimum atomic E-state index is -4.31. The van der Waals surface area contributed by atoms with Gasteiger partial charge in [-0.2, -0.15) is 13.2 Å². The van der Waals surface area contributed by atoms with Gasteiger partial charge in [-0.05, 0) is 17.7 Å². The Bertz CT molecular complexity index is 743. The van der Waals surface area contributed by atoms with Gasteiger partial charge in [-0.1, -0.05) is 26.0 Å². The van der Waals surface area contributed by atoms with E-state index >= 15 is 0 Å². The van der Waals surface area contributed by atoms with E-state index in [2.05, 4.69) is 15.1 Å². The molecule has 5 nitrogen and oxygen atoms in total. The second-order valence-corrected chi connectivity index (χ2v) is 7.34. The molecule has 2 aromatic rings. The second-order valence-electron chi connectivity index (χ2n) is 7.34. The van der Waals surface area contributed by atoms with Gasteiger partial charge in [0.1, 0.15) is 0 Å². The van der Waals surface area contributed by atoms with Gasteiger partial charge < -0.3 is 9.15 Å². The Morgan fingerprint density at radius 3 is 2.44 bits per heavy atom. The van der Waals surface area contributed by atoms with Gasteiger partial charge in [0.25, 0.3) is 0 Å². The Kier molecular flexibility index (Phi) is 5.86. The number of nitrogens with zero attached hydrogens (tertiary/aromatic N) is 3. The largest absolute Gasteiger partial charge is 0.425 e. The monoisotopic (exact) mass is 383 g/mol. The summed E-state index contributed by atoms with van der Waals surface area (Å²) >= 11 is 0. The molecule has 8 heteroatoms. The van der Waals surface area contributed by atoms with E-state index in [1.54, 1.807) is 7.11 Å². The first kappa shape index (κ1) is 19.8. The highest BCUT2D eigenvalue weighted by molar-refractivity contribution is 5.24. The third-order valence-corrected chi connectivity index (χ3v) is 4.85. The smallest absolute Gasteiger partial charge is 0.416 e. The van der Waals surface area contributed by atoms with Crippen LogP contribution in [0, 0.1) is 5.92 Å². The summed E-state index contributed by atoms with van der Waals surface area (Å²) in [5.41, 5.74) is 0.211. The van der Waals surface area contributed by atoms with Crippen molar-refractivity contribution in [2.24, 2.45) is 5.92 Å². The van der Waals surface area contributed by atoms with Crippen LogP contribution in [-0.4, -0.2) is 41.9 Å². The van der Waals surface area contributed by atoms with Crippen LogP contribution in [0.25, 0.3) is 0 Å². The maximum absolute atomic E-state index is 12.7. The van der Waals surface area contributed by atoms with Crippen molar-refractivity contribution in [3.63, 3.8) is 0 Å². The van der Waals surface area contributed by atoms with E-state index in [9.17, 15) is 13.2 Å². The summed E-state index contributed by atoms with van der Waals surface area (Å²) in [6, 6.07) is 5.32. The standard InChI is InChI=1S/C19H24F3N3O2/c1-12(2)17-23-24-18(27-17)16-10-25(9-14(16)11-26-3)8-13-4-6-15(7-5-13)19(20,21)22/h4-7,12,14,16H,8-11H2,1-3H3/t14-,16+/m0/s1. The lowest BCUT2D eigenvalue weighted by atomic mass is 9.97. The first-order valence-corrected chi connectivity index (χ1v) is 8.98. The molecule has 1 aliphatic rings. The number of rotatable bonds is 6. The van der Waals surface area contributed by atoms with E-state index in [1.165, 1.54) is 12.1 Å². The number of hydrogen-bond donors (Lipinski definition) is 0. The van der Waals surface area contributed by atoms with Crippen molar-refractivity contribution in [1.29, 1.82) is 0 Å². The molecule has 1 aromatic carbocycles. The van der Waals surface area contributed by atoms with E-state index < -0.39 is 11.7 Å². The minimum Gasteiger partial charge on any atom is -0.425 e. The number of methoxy groups -OCH3 is 1. The average molecular weight is 383 g/mol. The van der Waals surface area contributed by atoms with Crippen LogP contribution in [-0.2, 0) is 17.5 Å². The van der Waals surface area contributed by atoms with Crippen molar-refractivity contribution < 1.29 is 22.3 Å². The molecule has 0 radical (unpaired) electrons. The molecule has 1 aliphatic heterocycles. The van der Waals surface area contributed by atoms with Crippen LogP contribution in [0.1, 0.15) is 48.6 Å². The molecule has 0 amide bonds. The van der Waals surface area contributed by atoms with Gasteiger partial charge in [0.05, 0.1) is 18.1 Å². The highest BCUT2D eigenvalue weighted by atomic mass is 19.4. The molecule has 0 unspecified atom stereocenters. The lowest BCUT2D eigenvalue weighted by Crippen LogP contribution is -2.21. The fourth-order valence-corrected chi connectivity index (χ4v) is 3.44. The Labute approximate surface area is 156 Å². The van der Waals surface area contributed by atoms with Crippen molar-refractivity contribution in [2.45, 2.75) is 38.4 Å². The third-order valence-electron chi connectivity index (χ3n) is 4.85. The average Bonchev–Trinajstić information content (AvgIpc) is 3.22. The molecule has 0 saturated carbocycles. The molecule has 1 saturated heterocycles. The SMILES string of the molecule is COC[C@@H]1CN(Cc2ccc(C(F)(F)F)cc2)C[C@H]1c1nnc(C(C)C)o1. The lowest BCUT2D eigenvalue weighted by Gasteiger charge is -2.16. The number of hydrogen-bond acceptors (Lipinski definition) is 5. The maximum Gasteiger partial charge on any atom is 0.416 e. The normalized spacial score (nSPS) is 21.3. The molecule has 0 N–H and O–H groups in total. The first-order valence-electron chi connectivity index (χ1n) is 8.98. The van der Waals surface area contributed by atoms with E-state index in [0.717, 1.165) is 24.2 Å². The number of ether oxygens (including phenoxy) is 1. The predicted molar refractivity (Wildman–Crippen MR) is 93.2 cm³/mol. The van der Waals surface area contributed by atoms with Crippen LogP contribution in [0.4, 0.5) is 13.2 Å². The summed E-state index contributed by atoms with van der Waals surface area (Å²) in [6.07, 6.45) is -4.31. The molecular formula is C19H24F3N3O2. The van der Waals surface area contributed by atoms with Gasteiger partial charge in [-0.15, -0.1) is 10.2 Å². The van der Waals surface area contributed by atoms with Crippen LogP contribution >= 0.6 is 0 Å².